The summed E-state index contributed by atoms with van der Waals surface area (Å²) in [5.41, 5.74) is 3.75. The Morgan fingerprint density at radius 3 is 2.42 bits per heavy atom. The van der Waals surface area contributed by atoms with Gasteiger partial charge in [-0.05, 0) is 42.3 Å². The van der Waals surface area contributed by atoms with Crippen LogP contribution >= 0.6 is 23.2 Å². The molecular weight excluding hydrogens is 277 g/mol. The minimum atomic E-state index is 0.130. The summed E-state index contributed by atoms with van der Waals surface area (Å²) in [5.74, 6) is 0. The van der Waals surface area contributed by atoms with Crippen molar-refractivity contribution in [2.75, 3.05) is 7.05 Å². The summed E-state index contributed by atoms with van der Waals surface area (Å²) in [6.07, 6.45) is 1.01. The molecule has 0 aromatic heterocycles. The van der Waals surface area contributed by atoms with Crippen molar-refractivity contribution in [1.82, 2.24) is 5.32 Å². The molecule has 1 N–H and O–H groups in total. The molecule has 0 spiro atoms. The molecule has 2 aromatic rings. The average molecular weight is 294 g/mol. The molecule has 19 heavy (non-hydrogen) atoms. The van der Waals surface area contributed by atoms with Gasteiger partial charge in [-0.3, -0.25) is 0 Å². The largest absolute Gasteiger partial charge is 0.309 e. The number of aryl methyl sites for hydroxylation is 1. The van der Waals surface area contributed by atoms with Gasteiger partial charge in [0.1, 0.15) is 0 Å². The molecule has 0 aliphatic rings. The first-order valence-electron chi connectivity index (χ1n) is 6.37. The number of hydrogen-bond donors (Lipinski definition) is 1. The van der Waals surface area contributed by atoms with E-state index in [1.54, 1.807) is 0 Å². The van der Waals surface area contributed by atoms with Crippen LogP contribution in [0.25, 0.3) is 0 Å². The lowest BCUT2D eigenvalue weighted by Crippen LogP contribution is -2.19. The molecule has 0 amide bonds. The van der Waals surface area contributed by atoms with E-state index in [1.165, 1.54) is 11.1 Å². The topological polar surface area (TPSA) is 12.0 Å². The van der Waals surface area contributed by atoms with Crippen LogP contribution in [0.15, 0.2) is 42.5 Å². The first-order valence-corrected chi connectivity index (χ1v) is 7.13. The van der Waals surface area contributed by atoms with Gasteiger partial charge in [-0.15, -0.1) is 0 Å². The maximum absolute atomic E-state index is 6.12. The third-order valence-electron chi connectivity index (χ3n) is 3.31. The lowest BCUT2D eigenvalue weighted by molar-refractivity contribution is 0.684. The van der Waals surface area contributed by atoms with Crippen molar-refractivity contribution in [2.45, 2.75) is 19.4 Å². The lowest BCUT2D eigenvalue weighted by atomic mass is 9.93. The van der Waals surface area contributed by atoms with Crippen molar-refractivity contribution < 1.29 is 0 Å². The first-order chi connectivity index (χ1) is 9.17. The van der Waals surface area contributed by atoms with Gasteiger partial charge in [0.25, 0.3) is 0 Å². The average Bonchev–Trinajstić information content (AvgIpc) is 2.44. The number of rotatable bonds is 4. The Balaban J connectivity index is 2.46. The van der Waals surface area contributed by atoms with Crippen molar-refractivity contribution in [3.63, 3.8) is 0 Å². The van der Waals surface area contributed by atoms with Gasteiger partial charge in [0.05, 0.1) is 16.1 Å². The summed E-state index contributed by atoms with van der Waals surface area (Å²) < 4.78 is 0. The van der Waals surface area contributed by atoms with E-state index < -0.39 is 0 Å². The van der Waals surface area contributed by atoms with Crippen LogP contribution in [-0.4, -0.2) is 7.05 Å². The highest BCUT2D eigenvalue weighted by Gasteiger charge is 2.15. The van der Waals surface area contributed by atoms with Gasteiger partial charge in [-0.25, -0.2) is 0 Å². The van der Waals surface area contributed by atoms with E-state index in [0.717, 1.165) is 12.0 Å². The Kier molecular flexibility index (Phi) is 4.87. The molecule has 0 saturated carbocycles. The van der Waals surface area contributed by atoms with Crippen molar-refractivity contribution in [3.8, 4) is 0 Å². The molecule has 1 nitrogen and oxygen atoms in total. The van der Waals surface area contributed by atoms with E-state index in [-0.39, 0.29) is 6.04 Å². The highest BCUT2D eigenvalue weighted by molar-refractivity contribution is 6.42. The molecule has 2 rings (SSSR count). The smallest absolute Gasteiger partial charge is 0.0595 e. The molecule has 0 bridgehead atoms. The van der Waals surface area contributed by atoms with Crippen molar-refractivity contribution in [2.24, 2.45) is 0 Å². The van der Waals surface area contributed by atoms with Crippen molar-refractivity contribution in [1.29, 1.82) is 0 Å². The van der Waals surface area contributed by atoms with Crippen LogP contribution in [0.1, 0.15) is 29.7 Å². The van der Waals surface area contributed by atoms with Crippen LogP contribution in [0.5, 0.6) is 0 Å². The van der Waals surface area contributed by atoms with Crippen molar-refractivity contribution in [3.05, 3.63) is 69.2 Å². The van der Waals surface area contributed by atoms with Gasteiger partial charge in [-0.1, -0.05) is 60.5 Å². The predicted molar refractivity (Wildman–Crippen MR) is 83.2 cm³/mol. The van der Waals surface area contributed by atoms with Gasteiger partial charge in [-0.2, -0.15) is 0 Å². The van der Waals surface area contributed by atoms with Crippen molar-refractivity contribution >= 4 is 23.2 Å². The second kappa shape index (κ2) is 6.42. The molecule has 0 saturated heterocycles. The van der Waals surface area contributed by atoms with E-state index in [4.69, 9.17) is 23.2 Å². The van der Waals surface area contributed by atoms with Gasteiger partial charge < -0.3 is 5.32 Å². The monoisotopic (exact) mass is 293 g/mol. The fourth-order valence-electron chi connectivity index (χ4n) is 2.33. The maximum Gasteiger partial charge on any atom is 0.0595 e. The lowest BCUT2D eigenvalue weighted by Gasteiger charge is -2.20. The fourth-order valence-corrected chi connectivity index (χ4v) is 2.64. The summed E-state index contributed by atoms with van der Waals surface area (Å²) in [6, 6.07) is 14.4. The van der Waals surface area contributed by atoms with Crippen LogP contribution in [-0.2, 0) is 6.42 Å². The summed E-state index contributed by atoms with van der Waals surface area (Å²) in [6.45, 7) is 2.17. The Hall–Kier alpha value is -1.02. The molecule has 0 heterocycles. The molecule has 2 aromatic carbocycles. The molecule has 3 heteroatoms. The number of halogens is 2. The molecule has 0 radical (unpaired) electrons. The van der Waals surface area contributed by atoms with E-state index in [0.29, 0.717) is 10.0 Å². The van der Waals surface area contributed by atoms with Gasteiger partial charge in [0.15, 0.2) is 0 Å². The number of hydrogen-bond acceptors (Lipinski definition) is 1. The van der Waals surface area contributed by atoms with Crippen LogP contribution < -0.4 is 5.32 Å². The Bertz CT molecular complexity index is 566. The summed E-state index contributed by atoms with van der Waals surface area (Å²) >= 11 is 12.1. The summed E-state index contributed by atoms with van der Waals surface area (Å²) in [7, 11) is 1.96. The molecule has 0 aliphatic heterocycles. The predicted octanol–water partition coefficient (Wildman–Crippen LogP) is 4.86. The second-order valence-corrected chi connectivity index (χ2v) is 5.26. The van der Waals surface area contributed by atoms with Gasteiger partial charge in [0.2, 0.25) is 0 Å². The van der Waals surface area contributed by atoms with Crippen LogP contribution in [0.2, 0.25) is 10.0 Å². The van der Waals surface area contributed by atoms with Crippen LogP contribution in [0, 0.1) is 0 Å². The molecule has 100 valence electrons. The molecular formula is C16H17Cl2N. The van der Waals surface area contributed by atoms with Gasteiger partial charge >= 0.3 is 0 Å². The zero-order valence-electron chi connectivity index (χ0n) is 11.1. The van der Waals surface area contributed by atoms with E-state index in [9.17, 15) is 0 Å². The molecule has 1 unspecified atom stereocenters. The molecule has 0 fully saturated rings. The Labute approximate surface area is 124 Å². The van der Waals surface area contributed by atoms with Crippen LogP contribution in [0.3, 0.4) is 0 Å². The van der Waals surface area contributed by atoms with E-state index in [2.05, 4.69) is 36.5 Å². The Morgan fingerprint density at radius 2 is 1.79 bits per heavy atom. The normalized spacial score (nSPS) is 12.4. The minimum absolute atomic E-state index is 0.130. The first kappa shape index (κ1) is 14.4. The highest BCUT2D eigenvalue weighted by atomic mass is 35.5. The summed E-state index contributed by atoms with van der Waals surface area (Å²) in [4.78, 5) is 0. The fraction of sp³-hybridized carbons (Fsp3) is 0.250. The van der Waals surface area contributed by atoms with E-state index >= 15 is 0 Å². The molecule has 0 aliphatic carbocycles. The third kappa shape index (κ3) is 3.11. The van der Waals surface area contributed by atoms with Gasteiger partial charge in [0, 0.05) is 0 Å². The van der Waals surface area contributed by atoms with E-state index in [1.807, 2.05) is 25.2 Å². The molecule has 1 atom stereocenters. The maximum atomic E-state index is 6.12. The standard InChI is InChI=1S/C16H17Cl2N/c1-3-11-6-4-5-7-13(11)16(19-2)12-8-9-14(17)15(18)10-12/h4-10,16,19H,3H2,1-2H3. The number of nitrogens with one attached hydrogen (secondary N) is 1. The van der Waals surface area contributed by atoms with Crippen LogP contribution in [0.4, 0.5) is 0 Å². The zero-order chi connectivity index (χ0) is 13.8. The quantitative estimate of drug-likeness (QED) is 0.848. The highest BCUT2D eigenvalue weighted by Crippen LogP contribution is 2.30. The third-order valence-corrected chi connectivity index (χ3v) is 4.05. The minimum Gasteiger partial charge on any atom is -0.309 e. The summed E-state index contributed by atoms with van der Waals surface area (Å²) in [5, 5.41) is 4.53. The zero-order valence-corrected chi connectivity index (χ0v) is 12.6. The Morgan fingerprint density at radius 1 is 1.05 bits per heavy atom. The number of benzene rings is 2. The second-order valence-electron chi connectivity index (χ2n) is 4.45. The SMILES string of the molecule is CCc1ccccc1C(NC)c1ccc(Cl)c(Cl)c1.